The molecule has 0 amide bonds. The first-order valence-corrected chi connectivity index (χ1v) is 3.72. The van der Waals surface area contributed by atoms with E-state index in [2.05, 4.69) is 25.9 Å². The Balaban J connectivity index is 0.000001000. The van der Waals surface area contributed by atoms with Crippen LogP contribution >= 0.6 is 28.3 Å². The zero-order valence-electron chi connectivity index (χ0n) is 5.99. The van der Waals surface area contributed by atoms with Gasteiger partial charge in [-0.15, -0.1) is 12.4 Å². The van der Waals surface area contributed by atoms with Crippen molar-refractivity contribution in [2.45, 2.75) is 13.0 Å². The molecule has 0 aliphatic heterocycles. The van der Waals surface area contributed by atoms with Gasteiger partial charge in [0, 0.05) is 12.4 Å². The van der Waals surface area contributed by atoms with E-state index in [0.717, 1.165) is 4.47 Å². The van der Waals surface area contributed by atoms with Gasteiger partial charge in [-0.1, -0.05) is 0 Å². The summed E-state index contributed by atoms with van der Waals surface area (Å²) in [7, 11) is 0. The van der Waals surface area contributed by atoms with E-state index in [0.29, 0.717) is 5.82 Å². The van der Waals surface area contributed by atoms with Crippen LogP contribution in [0.15, 0.2) is 16.9 Å². The van der Waals surface area contributed by atoms with Gasteiger partial charge in [-0.05, 0) is 22.9 Å². The van der Waals surface area contributed by atoms with E-state index in [9.17, 15) is 0 Å². The van der Waals surface area contributed by atoms with Crippen molar-refractivity contribution >= 4 is 28.3 Å². The van der Waals surface area contributed by atoms with Crippen molar-refractivity contribution in [3.05, 3.63) is 22.7 Å². The summed E-state index contributed by atoms with van der Waals surface area (Å²) in [5.74, 6) is 0.670. The first kappa shape index (κ1) is 10.8. The van der Waals surface area contributed by atoms with E-state index in [1.807, 2.05) is 6.92 Å². The van der Waals surface area contributed by atoms with Crippen molar-refractivity contribution in [1.29, 1.82) is 0 Å². The molecule has 0 fully saturated rings. The van der Waals surface area contributed by atoms with Crippen molar-refractivity contribution in [1.82, 2.24) is 9.97 Å². The molecule has 0 saturated carbocycles. The van der Waals surface area contributed by atoms with Crippen LogP contribution in [0, 0.1) is 0 Å². The maximum Gasteiger partial charge on any atom is 0.144 e. The predicted octanol–water partition coefficient (Wildman–Crippen LogP) is 1.68. The van der Waals surface area contributed by atoms with Gasteiger partial charge in [0.2, 0.25) is 0 Å². The van der Waals surface area contributed by atoms with Crippen LogP contribution in [0.2, 0.25) is 0 Å². The van der Waals surface area contributed by atoms with Crippen molar-refractivity contribution in [3.8, 4) is 0 Å². The van der Waals surface area contributed by atoms with Crippen LogP contribution in [0.1, 0.15) is 18.8 Å². The first-order chi connectivity index (χ1) is 4.70. The maximum atomic E-state index is 5.52. The number of hydrogen-bond donors (Lipinski definition) is 1. The molecule has 0 spiro atoms. The third kappa shape index (κ3) is 3.14. The topological polar surface area (TPSA) is 51.8 Å². The Hall–Kier alpha value is -0.190. The Bertz CT molecular complexity index is 212. The molecule has 1 atom stereocenters. The van der Waals surface area contributed by atoms with Crippen LogP contribution in [-0.4, -0.2) is 9.97 Å². The van der Waals surface area contributed by atoms with Gasteiger partial charge in [-0.2, -0.15) is 0 Å². The third-order valence-corrected chi connectivity index (χ3v) is 1.46. The van der Waals surface area contributed by atoms with Gasteiger partial charge in [-0.3, -0.25) is 0 Å². The second-order valence-electron chi connectivity index (χ2n) is 2.05. The van der Waals surface area contributed by atoms with Gasteiger partial charge in [0.15, 0.2) is 0 Å². The molecule has 0 unspecified atom stereocenters. The highest BCUT2D eigenvalue weighted by molar-refractivity contribution is 9.10. The summed E-state index contributed by atoms with van der Waals surface area (Å²) in [5.41, 5.74) is 5.52. The van der Waals surface area contributed by atoms with Gasteiger partial charge in [0.05, 0.1) is 10.5 Å². The molecule has 0 radical (unpaired) electrons. The lowest BCUT2D eigenvalue weighted by Crippen LogP contribution is -2.08. The molecule has 2 N–H and O–H groups in total. The van der Waals surface area contributed by atoms with Gasteiger partial charge in [0.1, 0.15) is 5.82 Å². The van der Waals surface area contributed by atoms with Crippen LogP contribution in [0.3, 0.4) is 0 Å². The molecule has 3 nitrogen and oxygen atoms in total. The van der Waals surface area contributed by atoms with E-state index in [-0.39, 0.29) is 18.4 Å². The minimum absolute atomic E-state index is 0. The van der Waals surface area contributed by atoms with E-state index < -0.39 is 0 Å². The maximum absolute atomic E-state index is 5.52. The van der Waals surface area contributed by atoms with E-state index in [1.54, 1.807) is 12.4 Å². The van der Waals surface area contributed by atoms with Gasteiger partial charge >= 0.3 is 0 Å². The highest BCUT2D eigenvalue weighted by Crippen LogP contribution is 2.07. The molecular weight excluding hydrogens is 229 g/mol. The summed E-state index contributed by atoms with van der Waals surface area (Å²) in [5, 5.41) is 0. The zero-order valence-corrected chi connectivity index (χ0v) is 8.39. The molecular formula is C6H9BrClN3. The minimum Gasteiger partial charge on any atom is -0.322 e. The summed E-state index contributed by atoms with van der Waals surface area (Å²) in [6.07, 6.45) is 3.37. The molecule has 1 aromatic heterocycles. The number of nitrogens with two attached hydrogens (primary N) is 1. The van der Waals surface area contributed by atoms with Crippen LogP contribution in [-0.2, 0) is 0 Å². The van der Waals surface area contributed by atoms with Crippen molar-refractivity contribution in [2.24, 2.45) is 5.73 Å². The monoisotopic (exact) mass is 237 g/mol. The minimum atomic E-state index is -0.0897. The Morgan fingerprint density at radius 2 is 1.91 bits per heavy atom. The Labute approximate surface area is 80.0 Å². The Morgan fingerprint density at radius 1 is 1.45 bits per heavy atom. The Kier molecular flexibility index (Phi) is 4.56. The fourth-order valence-corrected chi connectivity index (χ4v) is 0.762. The van der Waals surface area contributed by atoms with Gasteiger partial charge < -0.3 is 5.73 Å². The van der Waals surface area contributed by atoms with Crippen molar-refractivity contribution in [2.75, 3.05) is 0 Å². The first-order valence-electron chi connectivity index (χ1n) is 2.93. The summed E-state index contributed by atoms with van der Waals surface area (Å²) >= 11 is 3.23. The fraction of sp³-hybridized carbons (Fsp3) is 0.333. The van der Waals surface area contributed by atoms with Crippen LogP contribution < -0.4 is 5.73 Å². The summed E-state index contributed by atoms with van der Waals surface area (Å²) in [4.78, 5) is 7.99. The van der Waals surface area contributed by atoms with E-state index >= 15 is 0 Å². The SMILES string of the molecule is C[C@H](N)c1ncc(Br)cn1.Cl. The number of halogens is 2. The predicted molar refractivity (Wildman–Crippen MR) is 49.6 cm³/mol. The van der Waals surface area contributed by atoms with Crippen LogP contribution in [0.4, 0.5) is 0 Å². The zero-order chi connectivity index (χ0) is 7.56. The molecule has 1 rings (SSSR count). The number of aromatic nitrogens is 2. The molecule has 0 aliphatic carbocycles. The lowest BCUT2D eigenvalue weighted by atomic mass is 10.3. The summed E-state index contributed by atoms with van der Waals surface area (Å²) in [6, 6.07) is -0.0897. The smallest absolute Gasteiger partial charge is 0.144 e. The summed E-state index contributed by atoms with van der Waals surface area (Å²) < 4.78 is 0.872. The van der Waals surface area contributed by atoms with Crippen molar-refractivity contribution in [3.63, 3.8) is 0 Å². The molecule has 0 saturated heterocycles. The molecule has 0 bridgehead atoms. The standard InChI is InChI=1S/C6H8BrN3.ClH/c1-4(8)6-9-2-5(7)3-10-6;/h2-4H,8H2,1H3;1H/t4-;/m0./s1. The molecule has 5 heteroatoms. The molecule has 62 valence electrons. The van der Waals surface area contributed by atoms with E-state index in [4.69, 9.17) is 5.73 Å². The van der Waals surface area contributed by atoms with Gasteiger partial charge in [-0.25, -0.2) is 9.97 Å². The number of rotatable bonds is 1. The average molecular weight is 239 g/mol. The molecule has 11 heavy (non-hydrogen) atoms. The van der Waals surface area contributed by atoms with E-state index in [1.165, 1.54) is 0 Å². The Morgan fingerprint density at radius 3 is 2.27 bits per heavy atom. The summed E-state index contributed by atoms with van der Waals surface area (Å²) in [6.45, 7) is 1.85. The highest BCUT2D eigenvalue weighted by Gasteiger charge is 1.99. The molecule has 1 aromatic rings. The number of hydrogen-bond acceptors (Lipinski definition) is 3. The van der Waals surface area contributed by atoms with Crippen molar-refractivity contribution < 1.29 is 0 Å². The molecule has 0 aromatic carbocycles. The average Bonchev–Trinajstić information content (AvgIpc) is 1.88. The largest absolute Gasteiger partial charge is 0.322 e. The quantitative estimate of drug-likeness (QED) is 0.810. The second kappa shape index (κ2) is 4.64. The van der Waals surface area contributed by atoms with Gasteiger partial charge in [0.25, 0.3) is 0 Å². The van der Waals surface area contributed by atoms with Crippen LogP contribution in [0.25, 0.3) is 0 Å². The second-order valence-corrected chi connectivity index (χ2v) is 2.96. The lowest BCUT2D eigenvalue weighted by molar-refractivity contribution is 0.737. The highest BCUT2D eigenvalue weighted by atomic mass is 79.9. The molecule has 0 aliphatic rings. The van der Waals surface area contributed by atoms with Crippen LogP contribution in [0.5, 0.6) is 0 Å². The fourth-order valence-electron chi connectivity index (χ4n) is 0.557. The molecule has 1 heterocycles. The lowest BCUT2D eigenvalue weighted by Gasteiger charge is -2.00. The third-order valence-electron chi connectivity index (χ3n) is 1.05. The number of nitrogens with zero attached hydrogens (tertiary/aromatic N) is 2. The normalized spacial score (nSPS) is 11.9.